The first-order chi connectivity index (χ1) is 5.29. The Bertz CT molecular complexity index is 271. The fourth-order valence-electron chi connectivity index (χ4n) is 1.04. The average Bonchev–Trinajstić information content (AvgIpc) is 2.04. The van der Waals surface area contributed by atoms with Crippen LogP contribution in [0.15, 0.2) is 23.4 Å². The van der Waals surface area contributed by atoms with Crippen molar-refractivity contribution in [1.29, 1.82) is 0 Å². The van der Waals surface area contributed by atoms with Gasteiger partial charge in [0, 0.05) is 6.54 Å². The summed E-state index contributed by atoms with van der Waals surface area (Å²) in [5, 5.41) is 2.87. The molecule has 0 fully saturated rings. The molecule has 3 nitrogen and oxygen atoms in total. The maximum atomic E-state index is 10.2. The summed E-state index contributed by atoms with van der Waals surface area (Å²) in [4.78, 5) is 10.2. The molecule has 0 aliphatic rings. The molecule has 0 amide bonds. The van der Waals surface area contributed by atoms with Gasteiger partial charge in [0.15, 0.2) is 0 Å². The predicted octanol–water partition coefficient (Wildman–Crippen LogP) is 1.85. The Morgan fingerprint density at radius 3 is 2.73 bits per heavy atom. The molecule has 0 saturated heterocycles. The number of nitroso groups, excluding NO2 is 1. The third-order valence-corrected chi connectivity index (χ3v) is 1.69. The quantitative estimate of drug-likeness (QED) is 0.654. The van der Waals surface area contributed by atoms with E-state index >= 15 is 0 Å². The number of hydrogen-bond donors (Lipinski definition) is 1. The molecule has 11 heavy (non-hydrogen) atoms. The smallest absolute Gasteiger partial charge is 0.112 e. The molecule has 0 heterocycles. The van der Waals surface area contributed by atoms with Crippen molar-refractivity contribution in [2.24, 2.45) is 10.9 Å². The van der Waals surface area contributed by atoms with Crippen LogP contribution in [0.1, 0.15) is 11.1 Å². The highest BCUT2D eigenvalue weighted by atomic mass is 16.3. The minimum Gasteiger partial charge on any atom is -0.326 e. The van der Waals surface area contributed by atoms with Crippen molar-refractivity contribution in [1.82, 2.24) is 0 Å². The van der Waals surface area contributed by atoms with Crippen molar-refractivity contribution in [3.05, 3.63) is 34.2 Å². The second kappa shape index (κ2) is 3.25. The molecular weight excluding hydrogens is 140 g/mol. The first-order valence-electron chi connectivity index (χ1n) is 3.41. The van der Waals surface area contributed by atoms with Gasteiger partial charge >= 0.3 is 0 Å². The van der Waals surface area contributed by atoms with E-state index in [0.29, 0.717) is 12.2 Å². The monoisotopic (exact) mass is 150 g/mol. The first-order valence-corrected chi connectivity index (χ1v) is 3.41. The third kappa shape index (κ3) is 1.43. The van der Waals surface area contributed by atoms with Gasteiger partial charge in [-0.05, 0) is 29.3 Å². The summed E-state index contributed by atoms with van der Waals surface area (Å²) in [6.07, 6.45) is 0. The molecule has 0 aromatic heterocycles. The molecule has 0 aliphatic carbocycles. The van der Waals surface area contributed by atoms with Crippen LogP contribution in [0.3, 0.4) is 0 Å². The Labute approximate surface area is 65.2 Å². The largest absolute Gasteiger partial charge is 0.326 e. The molecule has 58 valence electrons. The molecule has 1 rings (SSSR count). The zero-order chi connectivity index (χ0) is 8.27. The number of hydrogen-bond acceptors (Lipinski definition) is 3. The van der Waals surface area contributed by atoms with E-state index in [9.17, 15) is 4.91 Å². The van der Waals surface area contributed by atoms with Crippen LogP contribution >= 0.6 is 0 Å². The molecular formula is C8H10N2O. The molecule has 0 spiro atoms. The first kappa shape index (κ1) is 7.88. The van der Waals surface area contributed by atoms with Gasteiger partial charge in [0.25, 0.3) is 0 Å². The third-order valence-electron chi connectivity index (χ3n) is 1.69. The van der Waals surface area contributed by atoms with Crippen LogP contribution in [0.2, 0.25) is 0 Å². The van der Waals surface area contributed by atoms with Gasteiger partial charge < -0.3 is 5.73 Å². The van der Waals surface area contributed by atoms with Crippen LogP contribution < -0.4 is 5.73 Å². The second-order valence-electron chi connectivity index (χ2n) is 2.37. The van der Waals surface area contributed by atoms with Gasteiger partial charge in [0.1, 0.15) is 5.69 Å². The normalized spacial score (nSPS) is 9.64. The summed E-state index contributed by atoms with van der Waals surface area (Å²) in [5.74, 6) is 0. The Hall–Kier alpha value is -1.22. The topological polar surface area (TPSA) is 55.5 Å². The van der Waals surface area contributed by atoms with Crippen molar-refractivity contribution < 1.29 is 0 Å². The molecule has 0 saturated carbocycles. The summed E-state index contributed by atoms with van der Waals surface area (Å²) in [5.41, 5.74) is 7.73. The highest BCUT2D eigenvalue weighted by Crippen LogP contribution is 2.20. The summed E-state index contributed by atoms with van der Waals surface area (Å²) in [7, 11) is 0. The van der Waals surface area contributed by atoms with Gasteiger partial charge in [-0.2, -0.15) is 0 Å². The predicted molar refractivity (Wildman–Crippen MR) is 44.5 cm³/mol. The molecule has 0 aliphatic heterocycles. The van der Waals surface area contributed by atoms with Crippen LogP contribution in [0.5, 0.6) is 0 Å². The number of rotatable bonds is 2. The fraction of sp³-hybridized carbons (Fsp3) is 0.250. The zero-order valence-electron chi connectivity index (χ0n) is 6.37. The van der Waals surface area contributed by atoms with Gasteiger partial charge in [0.2, 0.25) is 0 Å². The summed E-state index contributed by atoms with van der Waals surface area (Å²) in [6, 6.07) is 5.38. The van der Waals surface area contributed by atoms with E-state index in [1.807, 2.05) is 13.0 Å². The Morgan fingerprint density at radius 1 is 1.55 bits per heavy atom. The zero-order valence-corrected chi connectivity index (χ0v) is 6.37. The van der Waals surface area contributed by atoms with Gasteiger partial charge in [-0.15, -0.1) is 4.91 Å². The van der Waals surface area contributed by atoms with E-state index in [2.05, 4.69) is 5.18 Å². The van der Waals surface area contributed by atoms with E-state index in [1.165, 1.54) is 0 Å². The molecule has 0 bridgehead atoms. The average molecular weight is 150 g/mol. The van der Waals surface area contributed by atoms with E-state index in [0.717, 1.165) is 11.1 Å². The molecule has 3 heteroatoms. The van der Waals surface area contributed by atoms with Gasteiger partial charge in [0.05, 0.1) is 0 Å². The number of benzene rings is 1. The van der Waals surface area contributed by atoms with Gasteiger partial charge in [-0.1, -0.05) is 12.1 Å². The highest BCUT2D eigenvalue weighted by molar-refractivity contribution is 5.49. The van der Waals surface area contributed by atoms with Crippen LogP contribution in [0, 0.1) is 11.8 Å². The van der Waals surface area contributed by atoms with E-state index in [1.54, 1.807) is 12.1 Å². The molecule has 1 aromatic carbocycles. The second-order valence-corrected chi connectivity index (χ2v) is 2.37. The van der Waals surface area contributed by atoms with E-state index in [-0.39, 0.29) is 0 Å². The SMILES string of the molecule is Cc1cccc(N=O)c1CN. The van der Waals surface area contributed by atoms with Crippen molar-refractivity contribution in [3.63, 3.8) is 0 Å². The molecule has 2 N–H and O–H groups in total. The highest BCUT2D eigenvalue weighted by Gasteiger charge is 2.02. The Kier molecular flexibility index (Phi) is 2.33. The van der Waals surface area contributed by atoms with Gasteiger partial charge in [-0.3, -0.25) is 0 Å². The molecule has 0 atom stereocenters. The summed E-state index contributed by atoms with van der Waals surface area (Å²) < 4.78 is 0. The number of nitrogens with two attached hydrogens (primary N) is 1. The van der Waals surface area contributed by atoms with Crippen LogP contribution in [-0.2, 0) is 6.54 Å². The lowest BCUT2D eigenvalue weighted by molar-refractivity contribution is 1.05. The molecule has 0 radical (unpaired) electrons. The van der Waals surface area contributed by atoms with Crippen LogP contribution in [0.25, 0.3) is 0 Å². The van der Waals surface area contributed by atoms with Gasteiger partial charge in [-0.25, -0.2) is 0 Å². The van der Waals surface area contributed by atoms with Crippen molar-refractivity contribution in [2.75, 3.05) is 0 Å². The lowest BCUT2D eigenvalue weighted by Gasteiger charge is -2.02. The molecule has 1 aromatic rings. The Balaban J connectivity index is 3.23. The van der Waals surface area contributed by atoms with Crippen LogP contribution in [-0.4, -0.2) is 0 Å². The standard InChI is InChI=1S/C8H10N2O/c1-6-3-2-4-8(10-11)7(6)5-9/h2-4H,5,9H2,1H3. The lowest BCUT2D eigenvalue weighted by Crippen LogP contribution is -1.98. The van der Waals surface area contributed by atoms with Crippen molar-refractivity contribution in [3.8, 4) is 0 Å². The number of aryl methyl sites for hydroxylation is 1. The Morgan fingerprint density at radius 2 is 2.27 bits per heavy atom. The van der Waals surface area contributed by atoms with E-state index in [4.69, 9.17) is 5.73 Å². The summed E-state index contributed by atoms with van der Waals surface area (Å²) in [6.45, 7) is 2.28. The lowest BCUT2D eigenvalue weighted by atomic mass is 10.1. The number of nitrogens with zero attached hydrogens (tertiary/aromatic N) is 1. The van der Waals surface area contributed by atoms with E-state index < -0.39 is 0 Å². The summed E-state index contributed by atoms with van der Waals surface area (Å²) >= 11 is 0. The molecule has 0 unspecified atom stereocenters. The fourth-order valence-corrected chi connectivity index (χ4v) is 1.04. The minimum absolute atomic E-state index is 0.369. The van der Waals surface area contributed by atoms with Crippen molar-refractivity contribution in [2.45, 2.75) is 13.5 Å². The van der Waals surface area contributed by atoms with Crippen molar-refractivity contribution >= 4 is 5.69 Å². The minimum atomic E-state index is 0.369. The maximum absolute atomic E-state index is 10.2. The maximum Gasteiger partial charge on any atom is 0.112 e. The van der Waals surface area contributed by atoms with Crippen LogP contribution in [0.4, 0.5) is 5.69 Å².